The number of rotatable bonds is 3. The summed E-state index contributed by atoms with van der Waals surface area (Å²) in [6.07, 6.45) is 12.5. The smallest absolute Gasteiger partial charge is 1.00 e. The molecule has 12 heavy (non-hydrogen) atoms. The van der Waals surface area contributed by atoms with Gasteiger partial charge in [-0.05, 0) is 0 Å². The van der Waals surface area contributed by atoms with Crippen molar-refractivity contribution >= 4 is 0 Å². The zero-order valence-corrected chi connectivity index (χ0v) is 10.3. The van der Waals surface area contributed by atoms with Gasteiger partial charge >= 0.3 is 21.7 Å². The first kappa shape index (κ1) is 18.5. The Morgan fingerprint density at radius 1 is 1.42 bits per heavy atom. The van der Waals surface area contributed by atoms with Crippen molar-refractivity contribution < 1.29 is 46.5 Å². The van der Waals surface area contributed by atoms with Gasteiger partial charge in [0, 0.05) is 0 Å². The van der Waals surface area contributed by atoms with E-state index in [1.54, 1.807) is 0 Å². The fourth-order valence-electron chi connectivity index (χ4n) is 0.989. The van der Waals surface area contributed by atoms with Gasteiger partial charge in [-0.1, -0.05) is 26.2 Å². The molecule has 1 aliphatic rings. The van der Waals surface area contributed by atoms with Crippen molar-refractivity contribution in [3.8, 4) is 0 Å². The van der Waals surface area contributed by atoms with Crippen LogP contribution in [0.15, 0.2) is 17.7 Å². The van der Waals surface area contributed by atoms with Crippen LogP contribution in [-0.4, -0.2) is 0 Å². The summed E-state index contributed by atoms with van der Waals surface area (Å²) < 4.78 is 0. The van der Waals surface area contributed by atoms with Crippen LogP contribution in [0.4, 0.5) is 0 Å². The van der Waals surface area contributed by atoms with Crippen molar-refractivity contribution in [3.63, 3.8) is 0 Å². The molecule has 0 nitrogen and oxygen atoms in total. The van der Waals surface area contributed by atoms with Crippen molar-refractivity contribution in [1.29, 1.82) is 0 Å². The van der Waals surface area contributed by atoms with E-state index in [0.29, 0.717) is 0 Å². The third-order valence-corrected chi connectivity index (χ3v) is 1.57. The fraction of sp³-hybridized carbons (Fsp3) is 0.556. The largest absolute Gasteiger partial charge is 3.00 e. The van der Waals surface area contributed by atoms with Gasteiger partial charge < -0.3 is 24.8 Å². The SMILES string of the molecule is CCCCC1=[C-]CC=C1.[Cl-].[Cl-].[Ti+3]. The standard InChI is InChI=1S/C9H13.2ClH.Ti/c1-2-3-6-9-7-4-5-8-9;;;/h4,7H,2-3,5-6H2,1H3;2*1H;/q-1;;;+3/p-2. The molecule has 0 aromatic heterocycles. The molecule has 67 valence electrons. The molecule has 0 spiro atoms. The van der Waals surface area contributed by atoms with Crippen LogP contribution in [0.25, 0.3) is 0 Å². The number of halogens is 2. The summed E-state index contributed by atoms with van der Waals surface area (Å²) in [7, 11) is 0. The third-order valence-electron chi connectivity index (χ3n) is 1.57. The van der Waals surface area contributed by atoms with Crippen LogP contribution < -0.4 is 24.8 Å². The Hall–Kier alpha value is 0.774. The van der Waals surface area contributed by atoms with Crippen LogP contribution in [-0.2, 0) is 21.7 Å². The number of unbranched alkanes of at least 4 members (excludes halogenated alkanes) is 1. The molecule has 1 radical (unpaired) electrons. The minimum Gasteiger partial charge on any atom is -1.00 e. The second kappa shape index (κ2) is 11.8. The second-order valence-corrected chi connectivity index (χ2v) is 2.41. The van der Waals surface area contributed by atoms with Crippen molar-refractivity contribution in [1.82, 2.24) is 0 Å². The van der Waals surface area contributed by atoms with Crippen molar-refractivity contribution in [2.24, 2.45) is 0 Å². The molecule has 0 unspecified atom stereocenters. The number of hydrogen-bond donors (Lipinski definition) is 0. The predicted molar refractivity (Wildman–Crippen MR) is 40.0 cm³/mol. The van der Waals surface area contributed by atoms with Crippen molar-refractivity contribution in [3.05, 3.63) is 23.8 Å². The van der Waals surface area contributed by atoms with E-state index in [2.05, 4.69) is 25.2 Å². The van der Waals surface area contributed by atoms with Crippen LogP contribution in [0, 0.1) is 6.08 Å². The molecule has 0 atom stereocenters. The van der Waals surface area contributed by atoms with Gasteiger partial charge in [-0.2, -0.15) is 6.08 Å². The quantitative estimate of drug-likeness (QED) is 0.361. The van der Waals surface area contributed by atoms with E-state index >= 15 is 0 Å². The molecule has 0 bridgehead atoms. The monoisotopic (exact) mass is 239 g/mol. The first-order chi connectivity index (χ1) is 4.43. The molecule has 0 N–H and O–H groups in total. The van der Waals surface area contributed by atoms with Gasteiger partial charge in [0.15, 0.2) is 0 Å². The van der Waals surface area contributed by atoms with Gasteiger partial charge in [0.2, 0.25) is 0 Å². The molecule has 0 aromatic carbocycles. The maximum Gasteiger partial charge on any atom is 3.00 e. The van der Waals surface area contributed by atoms with Crippen molar-refractivity contribution in [2.45, 2.75) is 32.6 Å². The molecule has 1 aliphatic carbocycles. The molecule has 1 rings (SSSR count). The minimum absolute atomic E-state index is 0. The molecule has 0 aromatic rings. The average molecular weight is 240 g/mol. The molecule has 0 saturated heterocycles. The molecular formula is C9H13Cl2Ti. The molecule has 0 heterocycles. The average Bonchev–Trinajstić information content (AvgIpc) is 2.34. The van der Waals surface area contributed by atoms with Gasteiger partial charge in [0.25, 0.3) is 0 Å². The van der Waals surface area contributed by atoms with Crippen LogP contribution in [0.5, 0.6) is 0 Å². The Bertz CT molecular complexity index is 141. The van der Waals surface area contributed by atoms with Crippen LogP contribution in [0.2, 0.25) is 0 Å². The summed E-state index contributed by atoms with van der Waals surface area (Å²) in [6, 6.07) is 0. The van der Waals surface area contributed by atoms with E-state index < -0.39 is 0 Å². The Kier molecular flexibility index (Phi) is 18.2. The predicted octanol–water partition coefficient (Wildman–Crippen LogP) is -3.13. The summed E-state index contributed by atoms with van der Waals surface area (Å²) in [5, 5.41) is 0. The van der Waals surface area contributed by atoms with Gasteiger partial charge in [-0.15, -0.1) is 6.42 Å². The minimum atomic E-state index is 0. The first-order valence-electron chi connectivity index (χ1n) is 3.69. The third kappa shape index (κ3) is 7.42. The van der Waals surface area contributed by atoms with Gasteiger partial charge in [0.05, 0.1) is 0 Å². The van der Waals surface area contributed by atoms with E-state index in [9.17, 15) is 0 Å². The fourth-order valence-corrected chi connectivity index (χ4v) is 0.989. The molecule has 0 aliphatic heterocycles. The topological polar surface area (TPSA) is 0 Å². The summed E-state index contributed by atoms with van der Waals surface area (Å²) in [4.78, 5) is 0. The van der Waals surface area contributed by atoms with E-state index in [-0.39, 0.29) is 46.5 Å². The summed E-state index contributed by atoms with van der Waals surface area (Å²) in [5.74, 6) is 0. The normalized spacial score (nSPS) is 12.2. The summed E-state index contributed by atoms with van der Waals surface area (Å²) >= 11 is 0. The van der Waals surface area contributed by atoms with Gasteiger partial charge in [0.1, 0.15) is 0 Å². The Morgan fingerprint density at radius 2 is 2.08 bits per heavy atom. The Balaban J connectivity index is -0.000000270. The zero-order chi connectivity index (χ0) is 6.53. The summed E-state index contributed by atoms with van der Waals surface area (Å²) in [6.45, 7) is 2.22. The Morgan fingerprint density at radius 3 is 2.50 bits per heavy atom. The van der Waals surface area contributed by atoms with Crippen LogP contribution >= 0.6 is 0 Å². The van der Waals surface area contributed by atoms with Gasteiger partial charge in [-0.3, -0.25) is 6.08 Å². The second-order valence-electron chi connectivity index (χ2n) is 2.41. The maximum absolute atomic E-state index is 3.30. The van der Waals surface area contributed by atoms with Crippen LogP contribution in [0.1, 0.15) is 32.6 Å². The van der Waals surface area contributed by atoms with Crippen LogP contribution in [0.3, 0.4) is 0 Å². The van der Waals surface area contributed by atoms with E-state index in [4.69, 9.17) is 0 Å². The number of hydrogen-bond acceptors (Lipinski definition) is 0. The Labute approximate surface area is 103 Å². The number of allylic oxidation sites excluding steroid dienone is 4. The van der Waals surface area contributed by atoms with E-state index in [0.717, 1.165) is 6.42 Å². The molecular weight excluding hydrogens is 227 g/mol. The molecule has 3 heteroatoms. The van der Waals surface area contributed by atoms with E-state index in [1.165, 1.54) is 24.8 Å². The molecule has 0 amide bonds. The zero-order valence-electron chi connectivity index (χ0n) is 7.24. The van der Waals surface area contributed by atoms with Gasteiger partial charge in [-0.25, -0.2) is 11.6 Å². The maximum atomic E-state index is 3.30. The summed E-state index contributed by atoms with van der Waals surface area (Å²) in [5.41, 5.74) is 1.41. The molecule has 0 fully saturated rings. The van der Waals surface area contributed by atoms with Crippen molar-refractivity contribution in [2.75, 3.05) is 0 Å². The molecule has 0 saturated carbocycles. The first-order valence-corrected chi connectivity index (χ1v) is 3.69. The van der Waals surface area contributed by atoms with E-state index in [1.807, 2.05) is 0 Å².